The van der Waals surface area contributed by atoms with E-state index in [4.69, 9.17) is 17.3 Å². The van der Waals surface area contributed by atoms with Crippen molar-refractivity contribution in [3.63, 3.8) is 0 Å². The van der Waals surface area contributed by atoms with Gasteiger partial charge in [-0.05, 0) is 42.8 Å². The second-order valence-corrected chi connectivity index (χ2v) is 7.21. The standard InChI is InChI=1S/C24H20ClN5/c1-16(19-8-5-9-21(26)14-19)29-30-24-27-22(17-6-3-2-4-7-17)15-23(28-24)18-10-12-20(25)13-11-18/h2-15H,26H2,1H3,(H,27,28,30)/b29-16-. The van der Waals surface area contributed by atoms with Crippen molar-refractivity contribution in [3.8, 4) is 22.5 Å². The van der Waals surface area contributed by atoms with Crippen LogP contribution in [-0.2, 0) is 0 Å². The Morgan fingerprint density at radius 2 is 1.50 bits per heavy atom. The Balaban J connectivity index is 1.72. The molecule has 1 aromatic heterocycles. The normalized spacial score (nSPS) is 11.3. The number of benzene rings is 3. The van der Waals surface area contributed by atoms with Crippen LogP contribution in [0.4, 0.5) is 11.6 Å². The number of hydrogen-bond acceptors (Lipinski definition) is 5. The predicted molar refractivity (Wildman–Crippen MR) is 125 cm³/mol. The topological polar surface area (TPSA) is 76.2 Å². The molecule has 30 heavy (non-hydrogen) atoms. The van der Waals surface area contributed by atoms with Gasteiger partial charge in [-0.25, -0.2) is 15.4 Å². The van der Waals surface area contributed by atoms with Crippen LogP contribution in [0.2, 0.25) is 5.02 Å². The van der Waals surface area contributed by atoms with Gasteiger partial charge in [-0.2, -0.15) is 5.10 Å². The molecule has 0 aliphatic rings. The minimum Gasteiger partial charge on any atom is -0.399 e. The van der Waals surface area contributed by atoms with Crippen LogP contribution in [-0.4, -0.2) is 15.7 Å². The van der Waals surface area contributed by atoms with Crippen molar-refractivity contribution in [3.05, 3.63) is 95.5 Å². The number of nitrogens with one attached hydrogen (secondary N) is 1. The van der Waals surface area contributed by atoms with Crippen molar-refractivity contribution in [2.45, 2.75) is 6.92 Å². The monoisotopic (exact) mass is 413 g/mol. The van der Waals surface area contributed by atoms with Crippen LogP contribution in [0.3, 0.4) is 0 Å². The molecular formula is C24H20ClN5. The SMILES string of the molecule is C/C(=N/Nc1nc(-c2ccccc2)cc(-c2ccc(Cl)cc2)n1)c1cccc(N)c1. The molecule has 0 fully saturated rings. The van der Waals surface area contributed by atoms with Gasteiger partial charge in [0.25, 0.3) is 0 Å². The van der Waals surface area contributed by atoms with E-state index in [2.05, 4.69) is 20.5 Å². The van der Waals surface area contributed by atoms with E-state index in [9.17, 15) is 0 Å². The molecule has 4 aromatic rings. The molecule has 0 radical (unpaired) electrons. The van der Waals surface area contributed by atoms with Crippen LogP contribution in [0.5, 0.6) is 0 Å². The van der Waals surface area contributed by atoms with Gasteiger partial charge in [0.2, 0.25) is 5.95 Å². The third-order valence-corrected chi connectivity index (χ3v) is 4.82. The summed E-state index contributed by atoms with van der Waals surface area (Å²) in [6, 6.07) is 27.0. The van der Waals surface area contributed by atoms with E-state index in [1.807, 2.05) is 91.9 Å². The molecule has 0 unspecified atom stereocenters. The minimum atomic E-state index is 0.407. The van der Waals surface area contributed by atoms with Crippen molar-refractivity contribution < 1.29 is 0 Å². The highest BCUT2D eigenvalue weighted by Crippen LogP contribution is 2.26. The molecule has 0 bridgehead atoms. The molecular weight excluding hydrogens is 394 g/mol. The van der Waals surface area contributed by atoms with Gasteiger partial charge in [-0.1, -0.05) is 66.2 Å². The molecule has 4 rings (SSSR count). The third kappa shape index (κ3) is 4.64. The lowest BCUT2D eigenvalue weighted by atomic mass is 10.1. The summed E-state index contributed by atoms with van der Waals surface area (Å²) in [5.41, 5.74) is 14.8. The lowest BCUT2D eigenvalue weighted by Crippen LogP contribution is -2.04. The number of hydrazone groups is 1. The predicted octanol–water partition coefficient (Wildman–Crippen LogP) is 5.88. The fraction of sp³-hybridized carbons (Fsp3) is 0.0417. The van der Waals surface area contributed by atoms with Gasteiger partial charge in [0.15, 0.2) is 0 Å². The lowest BCUT2D eigenvalue weighted by Gasteiger charge is -2.09. The number of nitrogens with two attached hydrogens (primary N) is 1. The van der Waals surface area contributed by atoms with Gasteiger partial charge in [-0.15, -0.1) is 0 Å². The second kappa shape index (κ2) is 8.76. The molecule has 3 aromatic carbocycles. The molecule has 6 heteroatoms. The van der Waals surface area contributed by atoms with Gasteiger partial charge in [0, 0.05) is 21.8 Å². The van der Waals surface area contributed by atoms with Gasteiger partial charge >= 0.3 is 0 Å². The first-order chi connectivity index (χ1) is 14.6. The zero-order valence-corrected chi connectivity index (χ0v) is 17.1. The van der Waals surface area contributed by atoms with E-state index in [1.54, 1.807) is 0 Å². The van der Waals surface area contributed by atoms with Crippen LogP contribution >= 0.6 is 11.6 Å². The summed E-state index contributed by atoms with van der Waals surface area (Å²) in [6.07, 6.45) is 0. The minimum absolute atomic E-state index is 0.407. The van der Waals surface area contributed by atoms with Crippen LogP contribution in [0.1, 0.15) is 12.5 Å². The Morgan fingerprint density at radius 3 is 2.17 bits per heavy atom. The van der Waals surface area contributed by atoms with Gasteiger partial charge in [-0.3, -0.25) is 0 Å². The van der Waals surface area contributed by atoms with Gasteiger partial charge in [0.05, 0.1) is 17.1 Å². The number of nitrogen functional groups attached to an aromatic ring is 1. The molecule has 5 nitrogen and oxygen atoms in total. The average molecular weight is 414 g/mol. The van der Waals surface area contributed by atoms with E-state index >= 15 is 0 Å². The first-order valence-corrected chi connectivity index (χ1v) is 9.83. The van der Waals surface area contributed by atoms with E-state index in [0.717, 1.165) is 33.8 Å². The van der Waals surface area contributed by atoms with Crippen molar-refractivity contribution in [2.24, 2.45) is 5.10 Å². The van der Waals surface area contributed by atoms with E-state index in [-0.39, 0.29) is 0 Å². The highest BCUT2D eigenvalue weighted by atomic mass is 35.5. The maximum atomic E-state index is 6.04. The summed E-state index contributed by atoms with van der Waals surface area (Å²) < 4.78 is 0. The van der Waals surface area contributed by atoms with Crippen molar-refractivity contribution in [1.82, 2.24) is 9.97 Å². The summed E-state index contributed by atoms with van der Waals surface area (Å²) in [7, 11) is 0. The third-order valence-electron chi connectivity index (χ3n) is 4.56. The number of hydrogen-bond donors (Lipinski definition) is 2. The van der Waals surface area contributed by atoms with Crippen LogP contribution < -0.4 is 11.2 Å². The highest BCUT2D eigenvalue weighted by molar-refractivity contribution is 6.30. The summed E-state index contributed by atoms with van der Waals surface area (Å²) >= 11 is 6.04. The van der Waals surface area contributed by atoms with Crippen LogP contribution in [0.25, 0.3) is 22.5 Å². The molecule has 0 aliphatic carbocycles. The maximum Gasteiger partial charge on any atom is 0.244 e. The van der Waals surface area contributed by atoms with Crippen LogP contribution in [0, 0.1) is 0 Å². The summed E-state index contributed by atoms with van der Waals surface area (Å²) in [4.78, 5) is 9.29. The maximum absolute atomic E-state index is 6.04. The molecule has 0 atom stereocenters. The van der Waals surface area contributed by atoms with E-state index < -0.39 is 0 Å². The van der Waals surface area contributed by atoms with E-state index in [0.29, 0.717) is 16.7 Å². The second-order valence-electron chi connectivity index (χ2n) is 6.77. The van der Waals surface area contributed by atoms with Crippen molar-refractivity contribution in [1.29, 1.82) is 0 Å². The Morgan fingerprint density at radius 1 is 0.833 bits per heavy atom. The summed E-state index contributed by atoms with van der Waals surface area (Å²) in [5.74, 6) is 0.407. The van der Waals surface area contributed by atoms with Gasteiger partial charge in [0.1, 0.15) is 0 Å². The first-order valence-electron chi connectivity index (χ1n) is 9.45. The molecule has 0 aliphatic heterocycles. The Hall–Kier alpha value is -3.70. The Kier molecular flexibility index (Phi) is 5.72. The van der Waals surface area contributed by atoms with Crippen molar-refractivity contribution in [2.75, 3.05) is 11.2 Å². The quantitative estimate of drug-likeness (QED) is 0.243. The molecule has 1 heterocycles. The van der Waals surface area contributed by atoms with Crippen LogP contribution in [0.15, 0.2) is 90.0 Å². The Bertz CT molecular complexity index is 1190. The first kappa shape index (κ1) is 19.6. The molecule has 0 spiro atoms. The zero-order chi connectivity index (χ0) is 20.9. The van der Waals surface area contributed by atoms with E-state index in [1.165, 1.54) is 0 Å². The zero-order valence-electron chi connectivity index (χ0n) is 16.4. The van der Waals surface area contributed by atoms with Crippen molar-refractivity contribution >= 4 is 28.9 Å². The summed E-state index contributed by atoms with van der Waals surface area (Å²) in [6.45, 7) is 1.91. The average Bonchev–Trinajstić information content (AvgIpc) is 2.78. The molecule has 0 saturated heterocycles. The number of halogens is 1. The fourth-order valence-electron chi connectivity index (χ4n) is 2.98. The number of aromatic nitrogens is 2. The largest absolute Gasteiger partial charge is 0.399 e. The Labute approximate surface area is 180 Å². The summed E-state index contributed by atoms with van der Waals surface area (Å²) in [5, 5.41) is 5.13. The van der Waals surface area contributed by atoms with Gasteiger partial charge < -0.3 is 5.73 Å². The molecule has 148 valence electrons. The highest BCUT2D eigenvalue weighted by Gasteiger charge is 2.09. The number of nitrogens with zero attached hydrogens (tertiary/aromatic N) is 3. The smallest absolute Gasteiger partial charge is 0.244 e. The molecule has 3 N–H and O–H groups in total. The molecule has 0 amide bonds. The number of anilines is 2. The molecule has 0 saturated carbocycles. The lowest BCUT2D eigenvalue weighted by molar-refractivity contribution is 1.12. The number of rotatable bonds is 5. The fourth-order valence-corrected chi connectivity index (χ4v) is 3.11.